The second-order valence-corrected chi connectivity index (χ2v) is 5.66. The Morgan fingerprint density at radius 3 is 2.79 bits per heavy atom. The number of nitrogens with zero attached hydrogens (tertiary/aromatic N) is 1. The summed E-state index contributed by atoms with van der Waals surface area (Å²) in [6, 6.07) is 8.58. The molecule has 1 aromatic carbocycles. The minimum absolute atomic E-state index is 0.0960. The molecule has 104 valence electrons. The van der Waals surface area contributed by atoms with E-state index in [1.54, 1.807) is 0 Å². The number of rotatable bonds is 3. The van der Waals surface area contributed by atoms with Gasteiger partial charge in [-0.15, -0.1) is 0 Å². The lowest BCUT2D eigenvalue weighted by Crippen LogP contribution is -2.45. The highest BCUT2D eigenvalue weighted by Crippen LogP contribution is 2.15. The summed E-state index contributed by atoms with van der Waals surface area (Å²) in [5.74, 6) is 0.636. The maximum Gasteiger partial charge on any atom is 0.317 e. The van der Waals surface area contributed by atoms with Crippen LogP contribution in [0.15, 0.2) is 24.3 Å². The molecule has 0 saturated carbocycles. The predicted octanol–water partition coefficient (Wildman–Crippen LogP) is 2.98. The van der Waals surface area contributed by atoms with Crippen LogP contribution in [0.25, 0.3) is 0 Å². The zero-order valence-corrected chi connectivity index (χ0v) is 12.0. The molecule has 1 aliphatic heterocycles. The quantitative estimate of drug-likeness (QED) is 0.890. The van der Waals surface area contributed by atoms with E-state index in [-0.39, 0.29) is 6.03 Å². The first-order valence-electron chi connectivity index (χ1n) is 7.23. The number of amides is 2. The van der Waals surface area contributed by atoms with Crippen molar-refractivity contribution in [3.8, 4) is 0 Å². The Labute approximate surface area is 116 Å². The zero-order valence-electron chi connectivity index (χ0n) is 12.0. The predicted molar refractivity (Wildman–Crippen MR) is 78.3 cm³/mol. The van der Waals surface area contributed by atoms with Crippen LogP contribution in [0.2, 0.25) is 0 Å². The molecule has 1 aliphatic rings. The normalized spacial score (nSPS) is 19.3. The van der Waals surface area contributed by atoms with E-state index in [1.807, 2.05) is 4.90 Å². The van der Waals surface area contributed by atoms with E-state index in [0.29, 0.717) is 12.5 Å². The molecular formula is C16H24N2O. The van der Waals surface area contributed by atoms with Crippen LogP contribution < -0.4 is 5.32 Å². The van der Waals surface area contributed by atoms with E-state index in [2.05, 4.69) is 43.4 Å². The highest BCUT2D eigenvalue weighted by atomic mass is 16.2. The van der Waals surface area contributed by atoms with Gasteiger partial charge < -0.3 is 10.2 Å². The van der Waals surface area contributed by atoms with Gasteiger partial charge >= 0.3 is 6.03 Å². The topological polar surface area (TPSA) is 32.3 Å². The van der Waals surface area contributed by atoms with Gasteiger partial charge in [0.25, 0.3) is 0 Å². The Balaban J connectivity index is 1.73. The molecule has 0 aliphatic carbocycles. The summed E-state index contributed by atoms with van der Waals surface area (Å²) in [6.45, 7) is 6.82. The minimum Gasteiger partial charge on any atom is -0.338 e. The number of hydrogen-bond acceptors (Lipinski definition) is 1. The third-order valence-electron chi connectivity index (χ3n) is 3.75. The molecule has 0 bridgehead atoms. The molecule has 0 spiro atoms. The van der Waals surface area contributed by atoms with Crippen LogP contribution in [0.5, 0.6) is 0 Å². The van der Waals surface area contributed by atoms with Gasteiger partial charge in [-0.3, -0.25) is 0 Å². The number of piperidine rings is 1. The number of likely N-dealkylation sites (tertiary alicyclic amines) is 1. The molecule has 0 aromatic heterocycles. The van der Waals surface area contributed by atoms with Gasteiger partial charge in [0.1, 0.15) is 0 Å². The standard InChI is InChI=1S/C16H24N2O/c1-13-5-7-15(8-6-13)9-10-17-16(19)18-11-3-4-14(2)12-18/h5-8,14H,3-4,9-12H2,1-2H3,(H,17,19). The number of urea groups is 1. The number of hydrogen-bond donors (Lipinski definition) is 1. The fourth-order valence-corrected chi connectivity index (χ4v) is 2.55. The monoisotopic (exact) mass is 260 g/mol. The summed E-state index contributed by atoms with van der Waals surface area (Å²) < 4.78 is 0. The molecule has 3 heteroatoms. The van der Waals surface area contributed by atoms with Gasteiger partial charge in [-0.25, -0.2) is 4.79 Å². The SMILES string of the molecule is Cc1ccc(CCNC(=O)N2CCCC(C)C2)cc1. The summed E-state index contributed by atoms with van der Waals surface area (Å²) in [5, 5.41) is 3.02. The van der Waals surface area contributed by atoms with Crippen molar-refractivity contribution in [2.75, 3.05) is 19.6 Å². The third kappa shape index (κ3) is 4.27. The average Bonchev–Trinajstić information content (AvgIpc) is 2.41. The van der Waals surface area contributed by atoms with Crippen LogP contribution >= 0.6 is 0 Å². The largest absolute Gasteiger partial charge is 0.338 e. The van der Waals surface area contributed by atoms with Crippen LogP contribution in [-0.4, -0.2) is 30.6 Å². The second-order valence-electron chi connectivity index (χ2n) is 5.66. The Hall–Kier alpha value is -1.51. The Morgan fingerprint density at radius 1 is 1.37 bits per heavy atom. The van der Waals surface area contributed by atoms with Crippen molar-refractivity contribution in [3.05, 3.63) is 35.4 Å². The molecule has 3 nitrogen and oxygen atoms in total. The molecule has 19 heavy (non-hydrogen) atoms. The van der Waals surface area contributed by atoms with E-state index >= 15 is 0 Å². The smallest absolute Gasteiger partial charge is 0.317 e. The van der Waals surface area contributed by atoms with Gasteiger partial charge in [0, 0.05) is 19.6 Å². The van der Waals surface area contributed by atoms with Crippen molar-refractivity contribution >= 4 is 6.03 Å². The van der Waals surface area contributed by atoms with Crippen molar-refractivity contribution in [2.24, 2.45) is 5.92 Å². The molecule has 1 saturated heterocycles. The molecule has 2 rings (SSSR count). The molecule has 1 aromatic rings. The molecule has 1 N–H and O–H groups in total. The van der Waals surface area contributed by atoms with Crippen molar-refractivity contribution in [1.82, 2.24) is 10.2 Å². The molecule has 1 unspecified atom stereocenters. The molecule has 1 fully saturated rings. The van der Waals surface area contributed by atoms with Gasteiger partial charge in [0.15, 0.2) is 0 Å². The van der Waals surface area contributed by atoms with Gasteiger partial charge in [-0.2, -0.15) is 0 Å². The van der Waals surface area contributed by atoms with E-state index in [1.165, 1.54) is 17.5 Å². The maximum absolute atomic E-state index is 12.0. The first kappa shape index (κ1) is 13.9. The number of aryl methyl sites for hydroxylation is 1. The first-order valence-corrected chi connectivity index (χ1v) is 7.23. The second kappa shape index (κ2) is 6.60. The molecular weight excluding hydrogens is 236 g/mol. The van der Waals surface area contributed by atoms with Gasteiger partial charge in [0.2, 0.25) is 0 Å². The highest BCUT2D eigenvalue weighted by molar-refractivity contribution is 5.74. The highest BCUT2D eigenvalue weighted by Gasteiger charge is 2.20. The van der Waals surface area contributed by atoms with E-state index < -0.39 is 0 Å². The van der Waals surface area contributed by atoms with Crippen LogP contribution in [0.3, 0.4) is 0 Å². The Kier molecular flexibility index (Phi) is 4.83. The van der Waals surface area contributed by atoms with E-state index in [9.17, 15) is 4.79 Å². The lowest BCUT2D eigenvalue weighted by Gasteiger charge is -2.30. The van der Waals surface area contributed by atoms with Gasteiger partial charge in [-0.05, 0) is 37.7 Å². The number of carbonyl (C=O) groups excluding carboxylic acids is 1. The summed E-state index contributed by atoms with van der Waals surface area (Å²) in [4.78, 5) is 14.0. The lowest BCUT2D eigenvalue weighted by atomic mass is 10.0. The van der Waals surface area contributed by atoms with Crippen molar-refractivity contribution in [1.29, 1.82) is 0 Å². The fourth-order valence-electron chi connectivity index (χ4n) is 2.55. The lowest BCUT2D eigenvalue weighted by molar-refractivity contribution is 0.170. The average molecular weight is 260 g/mol. The van der Waals surface area contributed by atoms with Gasteiger partial charge in [-0.1, -0.05) is 36.8 Å². The first-order chi connectivity index (χ1) is 9.15. The minimum atomic E-state index is 0.0960. The summed E-state index contributed by atoms with van der Waals surface area (Å²) in [5.41, 5.74) is 2.55. The summed E-state index contributed by atoms with van der Waals surface area (Å²) >= 11 is 0. The number of carbonyl (C=O) groups is 1. The Morgan fingerprint density at radius 2 is 2.11 bits per heavy atom. The summed E-state index contributed by atoms with van der Waals surface area (Å²) in [6.07, 6.45) is 3.27. The summed E-state index contributed by atoms with van der Waals surface area (Å²) in [7, 11) is 0. The van der Waals surface area contributed by atoms with Crippen LogP contribution in [-0.2, 0) is 6.42 Å². The third-order valence-corrected chi connectivity index (χ3v) is 3.75. The van der Waals surface area contributed by atoms with Gasteiger partial charge in [0.05, 0.1) is 0 Å². The maximum atomic E-state index is 12.0. The van der Waals surface area contributed by atoms with Crippen LogP contribution in [0.4, 0.5) is 4.79 Å². The number of benzene rings is 1. The van der Waals surface area contributed by atoms with E-state index in [4.69, 9.17) is 0 Å². The molecule has 2 amide bonds. The number of nitrogens with one attached hydrogen (secondary N) is 1. The van der Waals surface area contributed by atoms with Crippen molar-refractivity contribution in [2.45, 2.75) is 33.1 Å². The van der Waals surface area contributed by atoms with Crippen LogP contribution in [0, 0.1) is 12.8 Å². The van der Waals surface area contributed by atoms with E-state index in [0.717, 1.165) is 25.9 Å². The Bertz CT molecular complexity index is 413. The van der Waals surface area contributed by atoms with Crippen molar-refractivity contribution in [3.63, 3.8) is 0 Å². The molecule has 1 atom stereocenters. The molecule has 1 heterocycles. The van der Waals surface area contributed by atoms with Crippen LogP contribution in [0.1, 0.15) is 30.9 Å². The molecule has 0 radical (unpaired) electrons. The fraction of sp³-hybridized carbons (Fsp3) is 0.562. The van der Waals surface area contributed by atoms with Crippen molar-refractivity contribution < 1.29 is 4.79 Å². The zero-order chi connectivity index (χ0) is 13.7.